The Kier molecular flexibility index (Phi) is 6.19. The second-order valence-electron chi connectivity index (χ2n) is 9.10. The van der Waals surface area contributed by atoms with Gasteiger partial charge in [-0.25, -0.2) is 0 Å². The van der Waals surface area contributed by atoms with E-state index in [0.29, 0.717) is 12.8 Å². The molecule has 25 heavy (non-hydrogen) atoms. The van der Waals surface area contributed by atoms with Crippen molar-refractivity contribution in [3.63, 3.8) is 0 Å². The number of carbonyl (C=O) groups excluding carboxylic acids is 1. The molecule has 2 N–H and O–H groups in total. The zero-order valence-corrected chi connectivity index (χ0v) is 15.8. The molecule has 0 aromatic carbocycles. The van der Waals surface area contributed by atoms with Crippen LogP contribution in [0.4, 0.5) is 0 Å². The molecule has 4 bridgehead atoms. The SMILES string of the molecule is CCCCCCC(=O)C(CCC(=O)O)NC12CC3CC(CC(C3)C1)C2. The third-order valence-electron chi connectivity index (χ3n) is 6.83. The number of ketones is 1. The first-order valence-electron chi connectivity index (χ1n) is 10.5. The number of rotatable bonds is 11. The van der Waals surface area contributed by atoms with Gasteiger partial charge < -0.3 is 10.4 Å². The lowest BCUT2D eigenvalue weighted by Crippen LogP contribution is -2.62. The van der Waals surface area contributed by atoms with Gasteiger partial charge in [-0.15, -0.1) is 0 Å². The molecular weight excluding hydrogens is 314 g/mol. The van der Waals surface area contributed by atoms with Crippen LogP contribution in [0.15, 0.2) is 0 Å². The van der Waals surface area contributed by atoms with Gasteiger partial charge >= 0.3 is 5.97 Å². The van der Waals surface area contributed by atoms with Crippen molar-refractivity contribution in [1.82, 2.24) is 5.32 Å². The molecule has 4 nitrogen and oxygen atoms in total. The minimum Gasteiger partial charge on any atom is -0.481 e. The first-order valence-corrected chi connectivity index (χ1v) is 10.5. The smallest absolute Gasteiger partial charge is 0.303 e. The Labute approximate surface area is 152 Å². The van der Waals surface area contributed by atoms with Gasteiger partial charge in [0.25, 0.3) is 0 Å². The van der Waals surface area contributed by atoms with Crippen molar-refractivity contribution >= 4 is 11.8 Å². The maximum Gasteiger partial charge on any atom is 0.303 e. The van der Waals surface area contributed by atoms with Crippen molar-refractivity contribution in [3.05, 3.63) is 0 Å². The first-order chi connectivity index (χ1) is 12.0. The summed E-state index contributed by atoms with van der Waals surface area (Å²) in [6.07, 6.45) is 13.3. The summed E-state index contributed by atoms with van der Waals surface area (Å²) in [6.45, 7) is 2.17. The Morgan fingerprint density at radius 2 is 1.60 bits per heavy atom. The number of aliphatic carboxylic acids is 1. The third-order valence-corrected chi connectivity index (χ3v) is 6.83. The number of carbonyl (C=O) groups is 2. The van der Waals surface area contributed by atoms with Crippen LogP contribution in [0.2, 0.25) is 0 Å². The highest BCUT2D eigenvalue weighted by Crippen LogP contribution is 2.55. The molecule has 4 aliphatic carbocycles. The summed E-state index contributed by atoms with van der Waals surface area (Å²) in [7, 11) is 0. The van der Waals surface area contributed by atoms with Gasteiger partial charge in [0.2, 0.25) is 0 Å². The molecule has 0 spiro atoms. The van der Waals surface area contributed by atoms with E-state index in [-0.39, 0.29) is 23.8 Å². The summed E-state index contributed by atoms with van der Waals surface area (Å²) in [5, 5.41) is 12.8. The largest absolute Gasteiger partial charge is 0.481 e. The van der Waals surface area contributed by atoms with Crippen molar-refractivity contribution < 1.29 is 14.7 Å². The molecule has 0 radical (unpaired) electrons. The van der Waals surface area contributed by atoms with Crippen molar-refractivity contribution in [3.8, 4) is 0 Å². The number of carboxylic acid groups (broad SMARTS) is 1. The zero-order valence-electron chi connectivity index (χ0n) is 15.8. The molecule has 1 unspecified atom stereocenters. The van der Waals surface area contributed by atoms with Crippen LogP contribution < -0.4 is 5.32 Å². The normalized spacial score (nSPS) is 34.2. The van der Waals surface area contributed by atoms with E-state index in [0.717, 1.165) is 30.6 Å². The van der Waals surface area contributed by atoms with Gasteiger partial charge in [-0.05, 0) is 69.1 Å². The molecule has 0 saturated heterocycles. The first kappa shape index (κ1) is 18.9. The van der Waals surface area contributed by atoms with Crippen LogP contribution in [0.5, 0.6) is 0 Å². The number of Topliss-reactive ketones (excluding diaryl/α,β-unsaturated/α-hetero) is 1. The van der Waals surface area contributed by atoms with Crippen LogP contribution in [0.3, 0.4) is 0 Å². The molecule has 4 saturated carbocycles. The van der Waals surface area contributed by atoms with Crippen LogP contribution in [-0.2, 0) is 9.59 Å². The minimum atomic E-state index is -0.795. The van der Waals surface area contributed by atoms with E-state index in [1.54, 1.807) is 0 Å². The number of unbranched alkanes of at least 4 members (excludes halogenated alkanes) is 3. The lowest BCUT2D eigenvalue weighted by atomic mass is 9.53. The van der Waals surface area contributed by atoms with Gasteiger partial charge in [-0.3, -0.25) is 9.59 Å². The summed E-state index contributed by atoms with van der Waals surface area (Å²) < 4.78 is 0. The Morgan fingerprint density at radius 1 is 1.00 bits per heavy atom. The second-order valence-corrected chi connectivity index (χ2v) is 9.10. The van der Waals surface area contributed by atoms with Gasteiger partial charge in [0.05, 0.1) is 6.04 Å². The summed E-state index contributed by atoms with van der Waals surface area (Å²) in [4.78, 5) is 23.8. The second kappa shape index (κ2) is 8.20. The van der Waals surface area contributed by atoms with Gasteiger partial charge in [0.15, 0.2) is 0 Å². The van der Waals surface area contributed by atoms with Gasteiger partial charge in [-0.2, -0.15) is 0 Å². The summed E-state index contributed by atoms with van der Waals surface area (Å²) in [5.41, 5.74) is 0.122. The Bertz CT molecular complexity index is 452. The molecule has 1 atom stereocenters. The third kappa shape index (κ3) is 4.84. The number of hydrogen-bond donors (Lipinski definition) is 2. The molecule has 0 aliphatic heterocycles. The molecule has 4 fully saturated rings. The van der Waals surface area contributed by atoms with Gasteiger partial charge in [-0.1, -0.05) is 26.2 Å². The van der Waals surface area contributed by atoms with E-state index >= 15 is 0 Å². The minimum absolute atomic E-state index is 0.0880. The van der Waals surface area contributed by atoms with Crippen molar-refractivity contribution in [1.29, 1.82) is 0 Å². The summed E-state index contributed by atoms with van der Waals surface area (Å²) in [5.74, 6) is 1.94. The average molecular weight is 350 g/mol. The van der Waals surface area contributed by atoms with E-state index in [4.69, 9.17) is 5.11 Å². The van der Waals surface area contributed by atoms with Gasteiger partial charge in [0.1, 0.15) is 5.78 Å². The summed E-state index contributed by atoms with van der Waals surface area (Å²) in [6, 6.07) is -0.256. The Balaban J connectivity index is 1.60. The highest BCUT2D eigenvalue weighted by Gasteiger charge is 2.51. The number of nitrogens with one attached hydrogen (secondary N) is 1. The van der Waals surface area contributed by atoms with Crippen molar-refractivity contribution in [2.24, 2.45) is 17.8 Å². The van der Waals surface area contributed by atoms with Crippen molar-refractivity contribution in [2.75, 3.05) is 0 Å². The average Bonchev–Trinajstić information content (AvgIpc) is 2.54. The fourth-order valence-electron chi connectivity index (χ4n) is 6.14. The molecule has 142 valence electrons. The van der Waals surface area contributed by atoms with Crippen LogP contribution >= 0.6 is 0 Å². The maximum absolute atomic E-state index is 12.8. The van der Waals surface area contributed by atoms with Crippen LogP contribution in [0, 0.1) is 17.8 Å². The Morgan fingerprint density at radius 3 is 2.12 bits per heavy atom. The van der Waals surface area contributed by atoms with Crippen LogP contribution in [0.25, 0.3) is 0 Å². The lowest BCUT2D eigenvalue weighted by Gasteiger charge is -2.58. The predicted molar refractivity (Wildman–Crippen MR) is 98.5 cm³/mol. The molecule has 0 heterocycles. The quantitative estimate of drug-likeness (QED) is 0.545. The van der Waals surface area contributed by atoms with Crippen LogP contribution in [0.1, 0.15) is 90.4 Å². The maximum atomic E-state index is 12.8. The topological polar surface area (TPSA) is 66.4 Å². The molecule has 4 heteroatoms. The molecule has 0 aromatic rings. The lowest BCUT2D eigenvalue weighted by molar-refractivity contribution is -0.137. The molecular formula is C21H35NO3. The molecule has 4 rings (SSSR count). The van der Waals surface area contributed by atoms with E-state index in [2.05, 4.69) is 12.2 Å². The Hall–Kier alpha value is -0.900. The molecule has 4 aliphatic rings. The van der Waals surface area contributed by atoms with E-state index < -0.39 is 5.97 Å². The monoisotopic (exact) mass is 349 g/mol. The fourth-order valence-corrected chi connectivity index (χ4v) is 6.14. The highest BCUT2D eigenvalue weighted by atomic mass is 16.4. The van der Waals surface area contributed by atoms with E-state index in [1.807, 2.05) is 0 Å². The number of hydrogen-bond acceptors (Lipinski definition) is 3. The highest BCUT2D eigenvalue weighted by molar-refractivity contribution is 5.84. The fraction of sp³-hybridized carbons (Fsp3) is 0.905. The standard InChI is InChI=1S/C21H35NO3/c1-2-3-4-5-6-19(23)18(7-8-20(24)25)22-21-12-15-9-16(13-21)11-17(10-15)14-21/h15-18,22H,2-14H2,1H3,(H,24,25). The van der Waals surface area contributed by atoms with Crippen LogP contribution in [-0.4, -0.2) is 28.4 Å². The van der Waals surface area contributed by atoms with E-state index in [9.17, 15) is 9.59 Å². The van der Waals surface area contributed by atoms with Crippen molar-refractivity contribution in [2.45, 2.75) is 102 Å². The number of carboxylic acids is 1. The van der Waals surface area contributed by atoms with Gasteiger partial charge in [0, 0.05) is 18.4 Å². The molecule has 0 aromatic heterocycles. The summed E-state index contributed by atoms with van der Waals surface area (Å²) >= 11 is 0. The molecule has 0 amide bonds. The van der Waals surface area contributed by atoms with E-state index in [1.165, 1.54) is 51.4 Å². The zero-order chi connectivity index (χ0) is 17.9. The predicted octanol–water partition coefficient (Wildman–Crippen LogP) is 4.32.